The molecule has 0 saturated heterocycles. The van der Waals surface area contributed by atoms with E-state index in [1.165, 1.54) is 18.3 Å². The van der Waals surface area contributed by atoms with Crippen molar-refractivity contribution in [2.45, 2.75) is 12.8 Å². The van der Waals surface area contributed by atoms with E-state index >= 15 is 0 Å². The number of rotatable bonds is 9. The fraction of sp³-hybridized carbons (Fsp3) is 0.250. The Balaban J connectivity index is 1.37. The Morgan fingerprint density at radius 3 is 2.75 bits per heavy atom. The Hall–Kier alpha value is -3.65. The first-order chi connectivity index (χ1) is 15.5. The summed E-state index contributed by atoms with van der Waals surface area (Å²) in [6, 6.07) is 14.1. The van der Waals surface area contributed by atoms with Gasteiger partial charge in [-0.25, -0.2) is 9.38 Å². The smallest absolute Gasteiger partial charge is 0.198 e. The van der Waals surface area contributed by atoms with E-state index in [9.17, 15) is 9.50 Å². The van der Waals surface area contributed by atoms with E-state index in [0.29, 0.717) is 35.3 Å². The van der Waals surface area contributed by atoms with Gasteiger partial charge in [-0.05, 0) is 56.4 Å². The lowest BCUT2D eigenvalue weighted by Gasteiger charge is -2.10. The van der Waals surface area contributed by atoms with Crippen molar-refractivity contribution in [3.8, 4) is 11.6 Å². The monoisotopic (exact) mass is 435 g/mol. The number of hydrogen-bond acceptors (Lipinski definition) is 5. The van der Waals surface area contributed by atoms with Gasteiger partial charge in [0.15, 0.2) is 11.7 Å². The topological polar surface area (TPSA) is 89.5 Å². The summed E-state index contributed by atoms with van der Waals surface area (Å²) in [4.78, 5) is 9.27. The number of halogens is 1. The lowest BCUT2D eigenvalue weighted by atomic mass is 10.1. The maximum absolute atomic E-state index is 13.6. The summed E-state index contributed by atoms with van der Waals surface area (Å²) in [5.41, 5.74) is 3.09. The van der Waals surface area contributed by atoms with Crippen LogP contribution in [0.25, 0.3) is 10.9 Å². The maximum atomic E-state index is 13.6. The molecule has 0 amide bonds. The molecule has 2 aromatic carbocycles. The van der Waals surface area contributed by atoms with E-state index in [-0.39, 0.29) is 11.7 Å². The fourth-order valence-electron chi connectivity index (χ4n) is 3.43. The lowest BCUT2D eigenvalue weighted by molar-refractivity contribution is 0.281. The Labute approximate surface area is 185 Å². The maximum Gasteiger partial charge on any atom is 0.198 e. The minimum absolute atomic E-state index is 0.0610. The standard InChI is InChI=1S/C24H26FN5O2/c1-30(2)10-3-11-32-19-7-4-16(5-8-19)12-18-14-23(29-28-18)26-15-21-20-13-17(25)6-9-22(20)27-24(21)31/h4-9,13-15,27,31H,3,10-12H2,1-2H3,(H,28,29). The second-order valence-corrected chi connectivity index (χ2v) is 7.91. The highest BCUT2D eigenvalue weighted by Gasteiger charge is 2.10. The van der Waals surface area contributed by atoms with Gasteiger partial charge < -0.3 is 19.7 Å². The zero-order valence-corrected chi connectivity index (χ0v) is 18.1. The van der Waals surface area contributed by atoms with Crippen LogP contribution in [-0.2, 0) is 6.42 Å². The summed E-state index contributed by atoms with van der Waals surface area (Å²) < 4.78 is 19.3. The van der Waals surface area contributed by atoms with Crippen molar-refractivity contribution in [1.82, 2.24) is 20.1 Å². The molecule has 0 aliphatic heterocycles. The molecule has 0 atom stereocenters. The molecule has 32 heavy (non-hydrogen) atoms. The van der Waals surface area contributed by atoms with Gasteiger partial charge in [0.2, 0.25) is 0 Å². The highest BCUT2D eigenvalue weighted by molar-refractivity contribution is 6.02. The third-order valence-corrected chi connectivity index (χ3v) is 5.06. The molecule has 3 N–H and O–H groups in total. The van der Waals surface area contributed by atoms with Crippen LogP contribution in [0.1, 0.15) is 23.2 Å². The molecule has 8 heteroatoms. The van der Waals surface area contributed by atoms with Crippen molar-refractivity contribution in [2.24, 2.45) is 4.99 Å². The molecule has 0 saturated carbocycles. The summed E-state index contributed by atoms with van der Waals surface area (Å²) in [6.45, 7) is 1.69. The second-order valence-electron chi connectivity index (χ2n) is 7.91. The number of hydrogen-bond donors (Lipinski definition) is 3. The third-order valence-electron chi connectivity index (χ3n) is 5.06. The van der Waals surface area contributed by atoms with Crippen LogP contribution < -0.4 is 4.74 Å². The van der Waals surface area contributed by atoms with Gasteiger partial charge in [-0.2, -0.15) is 5.10 Å². The molecule has 4 rings (SSSR count). The van der Waals surface area contributed by atoms with Gasteiger partial charge in [-0.15, -0.1) is 0 Å². The highest BCUT2D eigenvalue weighted by atomic mass is 19.1. The van der Waals surface area contributed by atoms with Crippen LogP contribution in [-0.4, -0.2) is 58.6 Å². The van der Waals surface area contributed by atoms with E-state index in [2.05, 4.69) is 25.1 Å². The second kappa shape index (κ2) is 9.65. The van der Waals surface area contributed by atoms with Crippen LogP contribution in [0.3, 0.4) is 0 Å². The first kappa shape index (κ1) is 21.6. The zero-order valence-electron chi connectivity index (χ0n) is 18.1. The predicted octanol–water partition coefficient (Wildman–Crippen LogP) is 4.41. The van der Waals surface area contributed by atoms with Crippen LogP contribution in [0.4, 0.5) is 10.2 Å². The van der Waals surface area contributed by atoms with Crippen molar-refractivity contribution in [1.29, 1.82) is 0 Å². The fourth-order valence-corrected chi connectivity index (χ4v) is 3.43. The molecule has 0 bridgehead atoms. The molecular formula is C24H26FN5O2. The molecule has 0 radical (unpaired) electrons. The number of H-pyrrole nitrogens is 2. The van der Waals surface area contributed by atoms with Crippen molar-refractivity contribution < 1.29 is 14.2 Å². The van der Waals surface area contributed by atoms with Gasteiger partial charge in [0.25, 0.3) is 0 Å². The van der Waals surface area contributed by atoms with Gasteiger partial charge in [0, 0.05) is 41.8 Å². The van der Waals surface area contributed by atoms with E-state index in [1.807, 2.05) is 44.4 Å². The minimum atomic E-state index is -0.377. The molecule has 2 heterocycles. The SMILES string of the molecule is CN(C)CCCOc1ccc(Cc2cc(N=Cc3c(O)[nH]c4ccc(F)cc34)n[nH]2)cc1. The van der Waals surface area contributed by atoms with Crippen molar-refractivity contribution in [3.05, 3.63) is 71.2 Å². The quantitative estimate of drug-likeness (QED) is 0.268. The summed E-state index contributed by atoms with van der Waals surface area (Å²) in [5.74, 6) is 0.899. The van der Waals surface area contributed by atoms with Gasteiger partial charge in [-0.3, -0.25) is 5.10 Å². The normalized spacial score (nSPS) is 11.8. The predicted molar refractivity (Wildman–Crippen MR) is 124 cm³/mol. The third kappa shape index (κ3) is 5.33. The number of aliphatic imine (C=N–C) groups is 1. The number of aromatic hydroxyl groups is 1. The minimum Gasteiger partial charge on any atom is -0.494 e. The van der Waals surface area contributed by atoms with Gasteiger partial charge >= 0.3 is 0 Å². The summed E-state index contributed by atoms with van der Waals surface area (Å²) in [6.07, 6.45) is 3.14. The van der Waals surface area contributed by atoms with Crippen LogP contribution in [0.15, 0.2) is 53.5 Å². The first-order valence-electron chi connectivity index (χ1n) is 10.4. The first-order valence-corrected chi connectivity index (χ1v) is 10.4. The summed E-state index contributed by atoms with van der Waals surface area (Å²) in [7, 11) is 4.10. The van der Waals surface area contributed by atoms with E-state index < -0.39 is 0 Å². The molecule has 166 valence electrons. The summed E-state index contributed by atoms with van der Waals surface area (Å²) >= 11 is 0. The van der Waals surface area contributed by atoms with E-state index in [1.54, 1.807) is 6.07 Å². The van der Waals surface area contributed by atoms with Crippen LogP contribution >= 0.6 is 0 Å². The Morgan fingerprint density at radius 1 is 1.16 bits per heavy atom. The molecule has 0 unspecified atom stereocenters. The van der Waals surface area contributed by atoms with Crippen molar-refractivity contribution in [2.75, 3.05) is 27.2 Å². The molecule has 7 nitrogen and oxygen atoms in total. The van der Waals surface area contributed by atoms with Crippen LogP contribution in [0.2, 0.25) is 0 Å². The zero-order chi connectivity index (χ0) is 22.5. The number of aromatic nitrogens is 3. The van der Waals surface area contributed by atoms with Crippen LogP contribution in [0, 0.1) is 5.82 Å². The average molecular weight is 436 g/mol. The molecule has 0 fully saturated rings. The molecule has 4 aromatic rings. The van der Waals surface area contributed by atoms with Gasteiger partial charge in [-0.1, -0.05) is 12.1 Å². The Bertz CT molecular complexity index is 1210. The van der Waals surface area contributed by atoms with Crippen LogP contribution in [0.5, 0.6) is 11.6 Å². The Morgan fingerprint density at radius 2 is 1.97 bits per heavy atom. The van der Waals surface area contributed by atoms with E-state index in [0.717, 1.165) is 30.0 Å². The van der Waals surface area contributed by atoms with Gasteiger partial charge in [0.05, 0.1) is 12.2 Å². The number of aromatic amines is 2. The van der Waals surface area contributed by atoms with Crippen molar-refractivity contribution >= 4 is 22.9 Å². The molecule has 2 aromatic heterocycles. The highest BCUT2D eigenvalue weighted by Crippen LogP contribution is 2.27. The van der Waals surface area contributed by atoms with E-state index in [4.69, 9.17) is 4.74 Å². The molecule has 0 spiro atoms. The number of benzene rings is 2. The molecule has 0 aliphatic carbocycles. The molecule has 0 aliphatic rings. The largest absolute Gasteiger partial charge is 0.494 e. The number of fused-ring (bicyclic) bond motifs is 1. The average Bonchev–Trinajstić information content (AvgIpc) is 3.33. The van der Waals surface area contributed by atoms with Crippen molar-refractivity contribution in [3.63, 3.8) is 0 Å². The Kier molecular flexibility index (Phi) is 6.51. The number of nitrogens with zero attached hydrogens (tertiary/aromatic N) is 3. The molecular weight excluding hydrogens is 409 g/mol. The number of nitrogens with one attached hydrogen (secondary N) is 2. The number of ether oxygens (including phenoxy) is 1. The summed E-state index contributed by atoms with van der Waals surface area (Å²) in [5, 5.41) is 17.9. The lowest BCUT2D eigenvalue weighted by Crippen LogP contribution is -2.15. The van der Waals surface area contributed by atoms with Gasteiger partial charge in [0.1, 0.15) is 11.6 Å².